The number of rotatable bonds is 6. The van der Waals surface area contributed by atoms with Crippen LogP contribution >= 0.6 is 0 Å². The number of aromatic nitrogens is 1. The number of hydrogen-bond donors (Lipinski definition) is 1. The molecule has 0 aliphatic carbocycles. The quantitative estimate of drug-likeness (QED) is 0.489. The zero-order valence-corrected chi connectivity index (χ0v) is 13.0. The van der Waals surface area contributed by atoms with Crippen molar-refractivity contribution in [3.8, 4) is 0 Å². The number of pyridine rings is 1. The molecule has 0 saturated heterocycles. The maximum absolute atomic E-state index is 10.9. The molecule has 1 N–H and O–H groups in total. The number of quaternary nitrogens is 1. The summed E-state index contributed by atoms with van der Waals surface area (Å²) in [6.45, 7) is 5.21. The largest absolute Gasteiger partial charge is 0.359 e. The molecule has 0 unspecified atom stereocenters. The van der Waals surface area contributed by atoms with Gasteiger partial charge in [-0.2, -0.15) is 0 Å². The number of anilines is 1. The predicted molar refractivity (Wildman–Crippen MR) is 80.3 cm³/mol. The lowest BCUT2D eigenvalue weighted by Gasteiger charge is -2.23. The summed E-state index contributed by atoms with van der Waals surface area (Å²) >= 11 is 0. The second-order valence-corrected chi connectivity index (χ2v) is 5.02. The summed E-state index contributed by atoms with van der Waals surface area (Å²) in [4.78, 5) is 23.7. The van der Waals surface area contributed by atoms with E-state index in [4.69, 9.17) is 0 Å². The Morgan fingerprint density at radius 3 is 2.19 bits per heavy atom. The Morgan fingerprint density at radius 1 is 1.19 bits per heavy atom. The van der Waals surface area contributed by atoms with E-state index in [0.717, 1.165) is 18.8 Å². The van der Waals surface area contributed by atoms with Crippen molar-refractivity contribution in [2.75, 3.05) is 39.5 Å². The smallest absolute Gasteiger partial charge is 0.318 e. The van der Waals surface area contributed by atoms with Crippen molar-refractivity contribution in [3.63, 3.8) is 0 Å². The van der Waals surface area contributed by atoms with Crippen molar-refractivity contribution in [3.05, 3.63) is 32.5 Å². The lowest BCUT2D eigenvalue weighted by Crippen LogP contribution is -2.38. The number of nitrogens with zero attached hydrogens (tertiary/aromatic N) is 4. The molecule has 1 rings (SSSR count). The highest BCUT2D eigenvalue weighted by atomic mass is 16.6. The minimum absolute atomic E-state index is 0.0454. The Labute approximate surface area is 123 Å². The first-order valence-corrected chi connectivity index (χ1v) is 6.54. The van der Waals surface area contributed by atoms with E-state index in [1.165, 1.54) is 0 Å². The fourth-order valence-corrected chi connectivity index (χ4v) is 1.33. The molecule has 1 heterocycles. The summed E-state index contributed by atoms with van der Waals surface area (Å²) < 4.78 is 0.688. The molecule has 1 aromatic heterocycles. The summed E-state index contributed by atoms with van der Waals surface area (Å²) in [5, 5.41) is 24.2. The van der Waals surface area contributed by atoms with Gasteiger partial charge in [-0.15, -0.1) is 0 Å². The monoisotopic (exact) mass is 300 g/mol. The van der Waals surface area contributed by atoms with Crippen LogP contribution in [0.4, 0.5) is 17.2 Å². The van der Waals surface area contributed by atoms with Gasteiger partial charge in [0.15, 0.2) is 0 Å². The fourth-order valence-electron chi connectivity index (χ4n) is 1.33. The van der Waals surface area contributed by atoms with E-state index in [1.807, 2.05) is 35.0 Å². The van der Waals surface area contributed by atoms with E-state index in [-0.39, 0.29) is 5.82 Å². The third kappa shape index (κ3) is 6.61. The molecule has 0 spiro atoms. The minimum atomic E-state index is -0.712. The van der Waals surface area contributed by atoms with Crippen molar-refractivity contribution in [1.29, 1.82) is 0 Å². The molecule has 1 aromatic rings. The molecule has 0 atom stereocenters. The molecule has 0 fully saturated rings. The highest BCUT2D eigenvalue weighted by Gasteiger charge is 2.21. The summed E-state index contributed by atoms with van der Waals surface area (Å²) in [6.07, 6.45) is 1.00. The predicted octanol–water partition coefficient (Wildman–Crippen LogP) is 2.04. The first-order valence-electron chi connectivity index (χ1n) is 6.54. The molecule has 118 valence electrons. The molecular formula is C12H22N5O4+. The second-order valence-electron chi connectivity index (χ2n) is 5.02. The molecule has 0 saturated carbocycles. The summed E-state index contributed by atoms with van der Waals surface area (Å²) in [5.41, 5.74) is -0.792. The van der Waals surface area contributed by atoms with Gasteiger partial charge in [0.05, 0.1) is 50.1 Å². The van der Waals surface area contributed by atoms with Gasteiger partial charge >= 0.3 is 5.69 Å². The third-order valence-electron chi connectivity index (χ3n) is 2.34. The first-order chi connectivity index (χ1) is 9.70. The maximum Gasteiger partial charge on any atom is 0.318 e. The molecule has 9 nitrogen and oxygen atoms in total. The highest BCUT2D eigenvalue weighted by molar-refractivity contribution is 5.59. The van der Waals surface area contributed by atoms with Gasteiger partial charge < -0.3 is 9.80 Å². The highest BCUT2D eigenvalue weighted by Crippen LogP contribution is 2.25. The molecule has 0 radical (unpaired) electrons. The van der Waals surface area contributed by atoms with Crippen LogP contribution in [-0.2, 0) is 0 Å². The Balaban J connectivity index is 0.00000191. The van der Waals surface area contributed by atoms with E-state index in [0.29, 0.717) is 11.0 Å². The van der Waals surface area contributed by atoms with Gasteiger partial charge in [0, 0.05) is 0 Å². The lowest BCUT2D eigenvalue weighted by molar-refractivity contribution is -0.868. The van der Waals surface area contributed by atoms with Gasteiger partial charge in [-0.05, 0) is 0 Å². The van der Waals surface area contributed by atoms with Crippen molar-refractivity contribution in [2.24, 2.45) is 0 Å². The van der Waals surface area contributed by atoms with Crippen molar-refractivity contribution < 1.29 is 14.3 Å². The molecule has 9 heteroatoms. The number of hydrogen-bond acceptors (Lipinski definition) is 6. The van der Waals surface area contributed by atoms with Crippen LogP contribution < -0.4 is 5.32 Å². The molecule has 0 aromatic carbocycles. The summed E-state index contributed by atoms with van der Waals surface area (Å²) in [7, 11) is 5.96. The first kappa shape index (κ1) is 18.7. The van der Waals surface area contributed by atoms with Gasteiger partial charge in [0.1, 0.15) is 6.20 Å². The Morgan fingerprint density at radius 2 is 1.76 bits per heavy atom. The van der Waals surface area contributed by atoms with Crippen molar-refractivity contribution >= 4 is 17.2 Å². The Bertz CT molecular complexity index is 499. The normalized spacial score (nSPS) is 10.3. The Kier molecular flexibility index (Phi) is 7.22. The molecular weight excluding hydrogens is 278 g/mol. The molecule has 0 bridgehead atoms. The van der Waals surface area contributed by atoms with Crippen LogP contribution in [0.3, 0.4) is 0 Å². The number of nitrogens with one attached hydrogen (secondary N) is 1. The standard InChI is InChI=1S/C10H16N5O4.C2H6/c1-15(2,3)5-4-11-10-9(14(18)19)6-8(7-12-10)13(16)17;1-2/h6-7H,4-5H2,1-3H3,(H,11,12);1-2H3/q+1;. The van der Waals surface area contributed by atoms with E-state index in [9.17, 15) is 20.2 Å². The van der Waals surface area contributed by atoms with Crippen LogP contribution in [0.1, 0.15) is 13.8 Å². The average Bonchev–Trinajstić information content (AvgIpc) is 2.39. The fraction of sp³-hybridized carbons (Fsp3) is 0.583. The summed E-state index contributed by atoms with van der Waals surface area (Å²) in [5.74, 6) is 0.0454. The molecule has 0 aliphatic rings. The van der Waals surface area contributed by atoms with Crippen LogP contribution in [0.5, 0.6) is 0 Å². The van der Waals surface area contributed by atoms with Gasteiger partial charge in [0.2, 0.25) is 5.82 Å². The third-order valence-corrected chi connectivity index (χ3v) is 2.34. The topological polar surface area (TPSA) is 111 Å². The van der Waals surface area contributed by atoms with E-state index in [1.54, 1.807) is 0 Å². The molecule has 0 amide bonds. The Hall–Kier alpha value is -2.29. The molecule has 21 heavy (non-hydrogen) atoms. The van der Waals surface area contributed by atoms with Gasteiger partial charge in [-0.3, -0.25) is 20.2 Å². The zero-order chi connectivity index (χ0) is 16.6. The van der Waals surface area contributed by atoms with E-state index < -0.39 is 21.2 Å². The van der Waals surface area contributed by atoms with E-state index >= 15 is 0 Å². The van der Waals surface area contributed by atoms with Gasteiger partial charge in [0.25, 0.3) is 5.69 Å². The average molecular weight is 300 g/mol. The van der Waals surface area contributed by atoms with Gasteiger partial charge in [-0.1, -0.05) is 13.8 Å². The second kappa shape index (κ2) is 8.10. The van der Waals surface area contributed by atoms with Gasteiger partial charge in [-0.25, -0.2) is 4.98 Å². The van der Waals surface area contributed by atoms with Crippen LogP contribution in [-0.4, -0.2) is 53.5 Å². The minimum Gasteiger partial charge on any atom is -0.359 e. The van der Waals surface area contributed by atoms with E-state index in [2.05, 4.69) is 10.3 Å². The van der Waals surface area contributed by atoms with Crippen LogP contribution in [0.15, 0.2) is 12.3 Å². The van der Waals surface area contributed by atoms with Crippen LogP contribution in [0.2, 0.25) is 0 Å². The SMILES string of the molecule is CC.C[N+](C)(C)CCNc1ncc([N+](=O)[O-])cc1[N+](=O)[O-]. The zero-order valence-electron chi connectivity index (χ0n) is 13.0. The lowest BCUT2D eigenvalue weighted by atomic mass is 10.3. The number of likely N-dealkylation sites (N-methyl/N-ethyl adjacent to an activating group) is 1. The summed E-state index contributed by atoms with van der Waals surface area (Å²) in [6, 6.07) is 0.904. The maximum atomic E-state index is 10.9. The van der Waals surface area contributed by atoms with Crippen molar-refractivity contribution in [2.45, 2.75) is 13.8 Å². The molecule has 0 aliphatic heterocycles. The van der Waals surface area contributed by atoms with Crippen LogP contribution in [0, 0.1) is 20.2 Å². The number of nitro groups is 2. The van der Waals surface area contributed by atoms with Crippen LogP contribution in [0.25, 0.3) is 0 Å². The van der Waals surface area contributed by atoms with Crippen molar-refractivity contribution in [1.82, 2.24) is 4.98 Å².